The molecule has 0 spiro atoms. The molecule has 1 heterocycles. The SMILES string of the molecule is CCc1ccc(CO)cc1S(=O)(=O)Nc1c(C)n[nH]c1C. The van der Waals surface area contributed by atoms with Crippen molar-refractivity contribution in [2.45, 2.75) is 38.7 Å². The van der Waals surface area contributed by atoms with E-state index in [1.165, 1.54) is 6.07 Å². The highest BCUT2D eigenvalue weighted by Gasteiger charge is 2.21. The number of aliphatic hydroxyl groups is 1. The molecule has 0 unspecified atom stereocenters. The van der Waals surface area contributed by atoms with E-state index >= 15 is 0 Å². The second-order valence-corrected chi connectivity index (χ2v) is 6.52. The number of aryl methyl sites for hydroxylation is 3. The van der Waals surface area contributed by atoms with Crippen LogP contribution in [0.4, 0.5) is 5.69 Å². The lowest BCUT2D eigenvalue weighted by atomic mass is 10.1. The highest BCUT2D eigenvalue weighted by molar-refractivity contribution is 7.92. The molecule has 0 aliphatic carbocycles. The van der Waals surface area contributed by atoms with Gasteiger partial charge in [0.05, 0.1) is 28.6 Å². The summed E-state index contributed by atoms with van der Waals surface area (Å²) in [7, 11) is -3.72. The van der Waals surface area contributed by atoms with Gasteiger partial charge >= 0.3 is 0 Å². The molecule has 21 heavy (non-hydrogen) atoms. The molecule has 1 aromatic heterocycles. The smallest absolute Gasteiger partial charge is 0.262 e. The third kappa shape index (κ3) is 3.08. The Hall–Kier alpha value is -1.86. The Morgan fingerprint density at radius 3 is 2.57 bits per heavy atom. The van der Waals surface area contributed by atoms with Crippen molar-refractivity contribution in [1.29, 1.82) is 0 Å². The largest absolute Gasteiger partial charge is 0.392 e. The van der Waals surface area contributed by atoms with Crippen LogP contribution in [0.15, 0.2) is 23.1 Å². The number of aliphatic hydroxyl groups excluding tert-OH is 1. The minimum atomic E-state index is -3.72. The van der Waals surface area contributed by atoms with Crippen molar-refractivity contribution in [3.8, 4) is 0 Å². The van der Waals surface area contributed by atoms with Gasteiger partial charge in [0, 0.05) is 0 Å². The van der Waals surface area contributed by atoms with Crippen LogP contribution in [0.5, 0.6) is 0 Å². The maximum Gasteiger partial charge on any atom is 0.262 e. The van der Waals surface area contributed by atoms with E-state index in [1.807, 2.05) is 6.92 Å². The van der Waals surface area contributed by atoms with Crippen molar-refractivity contribution in [1.82, 2.24) is 10.2 Å². The van der Waals surface area contributed by atoms with Crippen LogP contribution in [0.25, 0.3) is 0 Å². The van der Waals surface area contributed by atoms with Crippen LogP contribution in [-0.2, 0) is 23.1 Å². The third-order valence-electron chi connectivity index (χ3n) is 3.35. The fourth-order valence-corrected chi connectivity index (χ4v) is 3.67. The van der Waals surface area contributed by atoms with Gasteiger partial charge < -0.3 is 5.11 Å². The van der Waals surface area contributed by atoms with Crippen LogP contribution in [0.3, 0.4) is 0 Å². The molecular weight excluding hydrogens is 290 g/mol. The Balaban J connectivity index is 2.49. The lowest BCUT2D eigenvalue weighted by Crippen LogP contribution is -2.16. The van der Waals surface area contributed by atoms with Gasteiger partial charge in [-0.3, -0.25) is 9.82 Å². The van der Waals surface area contributed by atoms with Gasteiger partial charge in [0.2, 0.25) is 0 Å². The number of nitrogens with zero attached hydrogens (tertiary/aromatic N) is 1. The summed E-state index contributed by atoms with van der Waals surface area (Å²) in [5.41, 5.74) is 2.98. The quantitative estimate of drug-likeness (QED) is 0.786. The molecule has 1 aromatic carbocycles. The molecule has 0 radical (unpaired) electrons. The van der Waals surface area contributed by atoms with Crippen LogP contribution in [0.2, 0.25) is 0 Å². The van der Waals surface area contributed by atoms with Crippen molar-refractivity contribution in [2.75, 3.05) is 4.72 Å². The maximum absolute atomic E-state index is 12.6. The monoisotopic (exact) mass is 309 g/mol. The van der Waals surface area contributed by atoms with Crippen LogP contribution in [0, 0.1) is 13.8 Å². The normalized spacial score (nSPS) is 11.6. The van der Waals surface area contributed by atoms with Gasteiger partial charge in [-0.1, -0.05) is 19.1 Å². The van der Waals surface area contributed by atoms with E-state index in [1.54, 1.807) is 26.0 Å². The van der Waals surface area contributed by atoms with Crippen LogP contribution in [-0.4, -0.2) is 23.7 Å². The molecule has 0 saturated heterocycles. The van der Waals surface area contributed by atoms with Gasteiger partial charge in [0.25, 0.3) is 10.0 Å². The Kier molecular flexibility index (Phi) is 4.34. The molecule has 0 amide bonds. The zero-order chi connectivity index (χ0) is 15.6. The highest BCUT2D eigenvalue weighted by atomic mass is 32.2. The first-order valence-corrected chi connectivity index (χ1v) is 8.14. The molecule has 0 atom stereocenters. The van der Waals surface area contributed by atoms with Crippen molar-refractivity contribution in [2.24, 2.45) is 0 Å². The average molecular weight is 309 g/mol. The number of rotatable bonds is 5. The molecule has 114 valence electrons. The van der Waals surface area contributed by atoms with E-state index < -0.39 is 10.0 Å². The summed E-state index contributed by atoms with van der Waals surface area (Å²) in [6, 6.07) is 4.97. The number of aromatic amines is 1. The van der Waals surface area contributed by atoms with E-state index in [9.17, 15) is 13.5 Å². The summed E-state index contributed by atoms with van der Waals surface area (Å²) in [5, 5.41) is 15.9. The summed E-state index contributed by atoms with van der Waals surface area (Å²) in [6.45, 7) is 5.17. The molecule has 2 rings (SSSR count). The molecule has 7 heteroatoms. The molecule has 0 saturated carbocycles. The van der Waals surface area contributed by atoms with Gasteiger partial charge in [0.1, 0.15) is 0 Å². The number of aromatic nitrogens is 2. The van der Waals surface area contributed by atoms with Crippen LogP contribution in [0.1, 0.15) is 29.4 Å². The molecule has 0 fully saturated rings. The zero-order valence-electron chi connectivity index (χ0n) is 12.3. The average Bonchev–Trinajstić information content (AvgIpc) is 2.78. The fourth-order valence-electron chi connectivity index (χ4n) is 2.13. The first-order chi connectivity index (χ1) is 9.89. The summed E-state index contributed by atoms with van der Waals surface area (Å²) >= 11 is 0. The molecule has 0 bridgehead atoms. The van der Waals surface area contributed by atoms with Gasteiger partial charge in [-0.2, -0.15) is 5.10 Å². The van der Waals surface area contributed by atoms with Crippen molar-refractivity contribution >= 4 is 15.7 Å². The topological polar surface area (TPSA) is 95.1 Å². The van der Waals surface area contributed by atoms with Crippen molar-refractivity contribution in [3.05, 3.63) is 40.7 Å². The molecular formula is C14H19N3O3S. The van der Waals surface area contributed by atoms with Crippen molar-refractivity contribution < 1.29 is 13.5 Å². The molecule has 3 N–H and O–H groups in total. The van der Waals surface area contributed by atoms with E-state index in [-0.39, 0.29) is 11.5 Å². The number of hydrogen-bond acceptors (Lipinski definition) is 4. The summed E-state index contributed by atoms with van der Waals surface area (Å²) < 4.78 is 27.8. The zero-order valence-corrected chi connectivity index (χ0v) is 13.1. The summed E-state index contributed by atoms with van der Waals surface area (Å²) in [5.74, 6) is 0. The molecule has 0 aliphatic rings. The van der Waals surface area contributed by atoms with Crippen molar-refractivity contribution in [3.63, 3.8) is 0 Å². The molecule has 6 nitrogen and oxygen atoms in total. The maximum atomic E-state index is 12.6. The Morgan fingerprint density at radius 1 is 1.33 bits per heavy atom. The van der Waals surface area contributed by atoms with Crippen LogP contribution >= 0.6 is 0 Å². The Labute approximate surface area is 124 Å². The summed E-state index contributed by atoms with van der Waals surface area (Å²) in [6.07, 6.45) is 0.589. The predicted molar refractivity (Wildman–Crippen MR) is 80.6 cm³/mol. The Morgan fingerprint density at radius 2 is 2.05 bits per heavy atom. The number of nitrogens with one attached hydrogen (secondary N) is 2. The number of H-pyrrole nitrogens is 1. The highest BCUT2D eigenvalue weighted by Crippen LogP contribution is 2.24. The van der Waals surface area contributed by atoms with E-state index in [0.717, 1.165) is 0 Å². The van der Waals surface area contributed by atoms with E-state index in [2.05, 4.69) is 14.9 Å². The van der Waals surface area contributed by atoms with E-state index in [4.69, 9.17) is 0 Å². The van der Waals surface area contributed by atoms with Gasteiger partial charge in [-0.05, 0) is 37.5 Å². The third-order valence-corrected chi connectivity index (χ3v) is 4.78. The minimum absolute atomic E-state index is 0.191. The van der Waals surface area contributed by atoms with E-state index in [0.29, 0.717) is 34.6 Å². The number of anilines is 1. The van der Waals surface area contributed by atoms with Crippen LogP contribution < -0.4 is 4.72 Å². The fraction of sp³-hybridized carbons (Fsp3) is 0.357. The first kappa shape index (κ1) is 15.5. The second-order valence-electron chi connectivity index (χ2n) is 4.87. The summed E-state index contributed by atoms with van der Waals surface area (Å²) in [4.78, 5) is 0.191. The number of sulfonamides is 1. The minimum Gasteiger partial charge on any atom is -0.392 e. The van der Waals surface area contributed by atoms with Gasteiger partial charge in [0.15, 0.2) is 0 Å². The standard InChI is InChI=1S/C14H19N3O3S/c1-4-12-6-5-11(8-18)7-13(12)21(19,20)17-14-9(2)15-16-10(14)3/h5-7,17-18H,4,8H2,1-3H3,(H,15,16). The number of hydrogen-bond donors (Lipinski definition) is 3. The first-order valence-electron chi connectivity index (χ1n) is 6.66. The lowest BCUT2D eigenvalue weighted by Gasteiger charge is -2.13. The van der Waals surface area contributed by atoms with Gasteiger partial charge in [-0.15, -0.1) is 0 Å². The molecule has 0 aliphatic heterocycles. The lowest BCUT2D eigenvalue weighted by molar-refractivity contribution is 0.281. The second kappa shape index (κ2) is 5.87. The molecule has 2 aromatic rings. The Bertz CT molecular complexity index is 731. The number of benzene rings is 1. The van der Waals surface area contributed by atoms with Gasteiger partial charge in [-0.25, -0.2) is 8.42 Å². The predicted octanol–water partition coefficient (Wildman–Crippen LogP) is 1.88.